The van der Waals surface area contributed by atoms with Gasteiger partial charge in [0.1, 0.15) is 5.76 Å². The van der Waals surface area contributed by atoms with Crippen molar-refractivity contribution in [1.82, 2.24) is 10.3 Å². The number of hydrogen-bond donors (Lipinski definition) is 2. The standard InChI is InChI=1S/C13H22N2O2/c1-9-10(2)17-13(15-9)7-14-6-11-4-3-5-12(11)8-16/h11-12,14,16H,3-8H2,1-2H3. The maximum absolute atomic E-state index is 9.23. The lowest BCUT2D eigenvalue weighted by atomic mass is 9.97. The molecule has 0 spiro atoms. The minimum Gasteiger partial charge on any atom is -0.444 e. The van der Waals surface area contributed by atoms with E-state index >= 15 is 0 Å². The molecule has 0 aromatic carbocycles. The summed E-state index contributed by atoms with van der Waals surface area (Å²) >= 11 is 0. The fourth-order valence-electron chi connectivity index (χ4n) is 2.60. The number of aromatic nitrogens is 1. The van der Waals surface area contributed by atoms with Gasteiger partial charge in [0.25, 0.3) is 0 Å². The van der Waals surface area contributed by atoms with Gasteiger partial charge in [-0.15, -0.1) is 0 Å². The van der Waals surface area contributed by atoms with Crippen LogP contribution in [0.2, 0.25) is 0 Å². The molecule has 1 saturated carbocycles. The minimum atomic E-state index is 0.323. The highest BCUT2D eigenvalue weighted by atomic mass is 16.4. The predicted molar refractivity (Wildman–Crippen MR) is 65.6 cm³/mol. The molecular formula is C13H22N2O2. The van der Waals surface area contributed by atoms with Gasteiger partial charge in [0, 0.05) is 6.61 Å². The number of aliphatic hydroxyl groups is 1. The molecule has 2 N–H and O–H groups in total. The van der Waals surface area contributed by atoms with E-state index in [1.54, 1.807) is 0 Å². The highest BCUT2D eigenvalue weighted by Crippen LogP contribution is 2.30. The first kappa shape index (κ1) is 12.6. The zero-order valence-corrected chi connectivity index (χ0v) is 10.7. The Morgan fingerprint density at radius 3 is 2.76 bits per heavy atom. The molecule has 4 nitrogen and oxygen atoms in total. The largest absolute Gasteiger partial charge is 0.444 e. The lowest BCUT2D eigenvalue weighted by Gasteiger charge is -2.17. The number of aryl methyl sites for hydroxylation is 2. The van der Waals surface area contributed by atoms with E-state index < -0.39 is 0 Å². The Morgan fingerprint density at radius 2 is 2.12 bits per heavy atom. The number of nitrogens with zero attached hydrogens (tertiary/aromatic N) is 1. The zero-order valence-electron chi connectivity index (χ0n) is 10.7. The lowest BCUT2D eigenvalue weighted by molar-refractivity contribution is 0.191. The predicted octanol–water partition coefficient (Wildman–Crippen LogP) is 1.79. The van der Waals surface area contributed by atoms with Crippen molar-refractivity contribution < 1.29 is 9.52 Å². The second kappa shape index (κ2) is 5.65. The smallest absolute Gasteiger partial charge is 0.208 e. The summed E-state index contributed by atoms with van der Waals surface area (Å²) < 4.78 is 5.51. The second-order valence-electron chi connectivity index (χ2n) is 5.01. The first-order chi connectivity index (χ1) is 8.20. The third kappa shape index (κ3) is 3.07. The molecule has 96 valence electrons. The van der Waals surface area contributed by atoms with Gasteiger partial charge in [-0.3, -0.25) is 0 Å². The summed E-state index contributed by atoms with van der Waals surface area (Å²) in [4.78, 5) is 4.33. The molecule has 1 aromatic heterocycles. The average molecular weight is 238 g/mol. The van der Waals surface area contributed by atoms with Crippen molar-refractivity contribution in [2.24, 2.45) is 11.8 Å². The molecule has 1 heterocycles. The Labute approximate surface area is 102 Å². The summed E-state index contributed by atoms with van der Waals surface area (Å²) in [5.41, 5.74) is 0.968. The highest BCUT2D eigenvalue weighted by Gasteiger charge is 2.26. The monoisotopic (exact) mass is 238 g/mol. The van der Waals surface area contributed by atoms with Crippen LogP contribution in [0.15, 0.2) is 4.42 Å². The Balaban J connectivity index is 1.75. The van der Waals surface area contributed by atoms with E-state index in [0.29, 0.717) is 25.0 Å². The summed E-state index contributed by atoms with van der Waals surface area (Å²) in [5.74, 6) is 2.75. The normalized spacial score (nSPS) is 24.4. The molecule has 4 heteroatoms. The molecule has 2 rings (SSSR count). The molecule has 1 fully saturated rings. The maximum atomic E-state index is 9.23. The summed E-state index contributed by atoms with van der Waals surface area (Å²) in [5, 5.41) is 12.6. The first-order valence-electron chi connectivity index (χ1n) is 6.45. The molecule has 1 aromatic rings. The molecule has 2 unspecified atom stereocenters. The molecule has 0 amide bonds. The summed E-state index contributed by atoms with van der Waals surface area (Å²) in [6.07, 6.45) is 3.64. The van der Waals surface area contributed by atoms with Crippen molar-refractivity contribution in [3.05, 3.63) is 17.3 Å². The van der Waals surface area contributed by atoms with Crippen molar-refractivity contribution in [2.45, 2.75) is 39.7 Å². The molecular weight excluding hydrogens is 216 g/mol. The second-order valence-corrected chi connectivity index (χ2v) is 5.01. The van der Waals surface area contributed by atoms with E-state index in [1.165, 1.54) is 19.3 Å². The molecule has 1 aliphatic carbocycles. The molecule has 0 radical (unpaired) electrons. The van der Waals surface area contributed by atoms with Gasteiger partial charge >= 0.3 is 0 Å². The Kier molecular flexibility index (Phi) is 4.18. The van der Waals surface area contributed by atoms with Crippen molar-refractivity contribution in [2.75, 3.05) is 13.2 Å². The van der Waals surface area contributed by atoms with Crippen molar-refractivity contribution in [3.8, 4) is 0 Å². The van der Waals surface area contributed by atoms with Crippen LogP contribution in [0.4, 0.5) is 0 Å². The van der Waals surface area contributed by atoms with Crippen LogP contribution in [-0.2, 0) is 6.54 Å². The number of aliphatic hydroxyl groups excluding tert-OH is 1. The van der Waals surface area contributed by atoms with Gasteiger partial charge in [0.15, 0.2) is 0 Å². The fraction of sp³-hybridized carbons (Fsp3) is 0.769. The lowest BCUT2D eigenvalue weighted by Crippen LogP contribution is -2.26. The van der Waals surface area contributed by atoms with E-state index in [9.17, 15) is 5.11 Å². The summed E-state index contributed by atoms with van der Waals surface area (Å²) in [6, 6.07) is 0. The Bertz CT molecular complexity index is 343. The third-order valence-electron chi connectivity index (χ3n) is 3.81. The van der Waals surface area contributed by atoms with Gasteiger partial charge in [0.2, 0.25) is 5.89 Å². The van der Waals surface area contributed by atoms with Crippen LogP contribution < -0.4 is 5.32 Å². The average Bonchev–Trinajstić information content (AvgIpc) is 2.87. The molecule has 0 bridgehead atoms. The number of oxazole rings is 1. The van der Waals surface area contributed by atoms with Gasteiger partial charge in [-0.2, -0.15) is 0 Å². The first-order valence-corrected chi connectivity index (χ1v) is 6.45. The third-order valence-corrected chi connectivity index (χ3v) is 3.81. The van der Waals surface area contributed by atoms with Crippen LogP contribution in [0.5, 0.6) is 0 Å². The molecule has 0 saturated heterocycles. The molecule has 2 atom stereocenters. The number of nitrogens with one attached hydrogen (secondary N) is 1. The zero-order chi connectivity index (χ0) is 12.3. The van der Waals surface area contributed by atoms with E-state index in [4.69, 9.17) is 4.42 Å². The minimum absolute atomic E-state index is 0.323. The van der Waals surface area contributed by atoms with E-state index in [2.05, 4.69) is 10.3 Å². The Morgan fingerprint density at radius 1 is 1.35 bits per heavy atom. The highest BCUT2D eigenvalue weighted by molar-refractivity contribution is 5.05. The SMILES string of the molecule is Cc1nc(CNCC2CCCC2CO)oc1C. The summed E-state index contributed by atoms with van der Waals surface area (Å²) in [7, 11) is 0. The van der Waals surface area contributed by atoms with E-state index in [0.717, 1.165) is 23.9 Å². The van der Waals surface area contributed by atoms with Gasteiger partial charge in [0.05, 0.1) is 12.2 Å². The number of rotatable bonds is 5. The summed E-state index contributed by atoms with van der Waals surface area (Å²) in [6.45, 7) is 5.85. The maximum Gasteiger partial charge on any atom is 0.208 e. The number of hydrogen-bond acceptors (Lipinski definition) is 4. The molecule has 0 aliphatic heterocycles. The molecule has 1 aliphatic rings. The quantitative estimate of drug-likeness (QED) is 0.821. The van der Waals surface area contributed by atoms with Crippen molar-refractivity contribution in [1.29, 1.82) is 0 Å². The van der Waals surface area contributed by atoms with E-state index in [1.807, 2.05) is 13.8 Å². The molecule has 17 heavy (non-hydrogen) atoms. The van der Waals surface area contributed by atoms with Gasteiger partial charge in [-0.25, -0.2) is 4.98 Å². The van der Waals surface area contributed by atoms with Crippen molar-refractivity contribution >= 4 is 0 Å². The van der Waals surface area contributed by atoms with Crippen LogP contribution >= 0.6 is 0 Å². The van der Waals surface area contributed by atoms with Gasteiger partial charge < -0.3 is 14.8 Å². The van der Waals surface area contributed by atoms with Crippen LogP contribution in [0.1, 0.15) is 36.6 Å². The van der Waals surface area contributed by atoms with Crippen LogP contribution in [0.25, 0.3) is 0 Å². The van der Waals surface area contributed by atoms with E-state index in [-0.39, 0.29) is 0 Å². The van der Waals surface area contributed by atoms with Gasteiger partial charge in [-0.1, -0.05) is 6.42 Å². The van der Waals surface area contributed by atoms with Crippen LogP contribution in [-0.4, -0.2) is 23.2 Å². The Hall–Kier alpha value is -0.870. The van der Waals surface area contributed by atoms with Crippen LogP contribution in [0, 0.1) is 25.7 Å². The van der Waals surface area contributed by atoms with Crippen molar-refractivity contribution in [3.63, 3.8) is 0 Å². The van der Waals surface area contributed by atoms with Crippen LogP contribution in [0.3, 0.4) is 0 Å². The van der Waals surface area contributed by atoms with Gasteiger partial charge in [-0.05, 0) is 45.1 Å². The fourth-order valence-corrected chi connectivity index (χ4v) is 2.60. The topological polar surface area (TPSA) is 58.3 Å².